The first kappa shape index (κ1) is 29.7. The van der Waals surface area contributed by atoms with E-state index in [1.165, 1.54) is 44.6 Å². The molecule has 1 atom stereocenters. The van der Waals surface area contributed by atoms with Crippen LogP contribution in [0.4, 0.5) is 14.6 Å². The minimum atomic E-state index is -4.20. The molecule has 0 saturated carbocycles. The molecule has 4 aromatic rings. The number of phenols is 1. The van der Waals surface area contributed by atoms with Crippen LogP contribution in [-0.4, -0.2) is 87.9 Å². The molecule has 0 bridgehead atoms. The Balaban J connectivity index is 1.84. The van der Waals surface area contributed by atoms with Crippen LogP contribution in [0.25, 0.3) is 28.0 Å². The number of anilines is 1. The number of carbonyl (C=O) groups is 1. The molecule has 0 radical (unpaired) electrons. The Morgan fingerprint density at radius 3 is 2.53 bits per heavy atom. The first-order chi connectivity index (χ1) is 20.4. The van der Waals surface area contributed by atoms with Gasteiger partial charge >= 0.3 is 5.69 Å². The van der Waals surface area contributed by atoms with Crippen LogP contribution in [0.3, 0.4) is 0 Å². The van der Waals surface area contributed by atoms with E-state index in [9.17, 15) is 27.5 Å². The fourth-order valence-corrected chi connectivity index (χ4v) is 5.95. The van der Waals surface area contributed by atoms with Gasteiger partial charge in [-0.25, -0.2) is 40.8 Å². The van der Waals surface area contributed by atoms with Gasteiger partial charge in [-0.05, 0) is 43.3 Å². The maximum atomic E-state index is 15.8. The molecule has 1 aliphatic rings. The second-order valence-corrected chi connectivity index (χ2v) is 12.1. The first-order valence-electron chi connectivity index (χ1n) is 13.0. The molecule has 0 spiro atoms. The number of aromatic hydroxyl groups is 1. The van der Waals surface area contributed by atoms with E-state index < -0.39 is 49.4 Å². The van der Waals surface area contributed by atoms with Gasteiger partial charge in [0.1, 0.15) is 23.1 Å². The highest BCUT2D eigenvalue weighted by molar-refractivity contribution is 7.89. The molecule has 5 rings (SSSR count). The fourth-order valence-electron chi connectivity index (χ4n) is 4.99. The molecule has 0 aliphatic carbocycles. The summed E-state index contributed by atoms with van der Waals surface area (Å²) in [6, 6.07) is 6.75. The van der Waals surface area contributed by atoms with Crippen LogP contribution in [0, 0.1) is 11.6 Å². The van der Waals surface area contributed by atoms with E-state index in [4.69, 9.17) is 0 Å². The van der Waals surface area contributed by atoms with Gasteiger partial charge < -0.3 is 14.9 Å². The van der Waals surface area contributed by atoms with Gasteiger partial charge in [-0.15, -0.1) is 0 Å². The first-order valence-corrected chi connectivity index (χ1v) is 14.5. The van der Waals surface area contributed by atoms with Crippen LogP contribution >= 0.6 is 0 Å². The predicted molar refractivity (Wildman–Crippen MR) is 154 cm³/mol. The molecule has 1 fully saturated rings. The fraction of sp³-hybridized carbons (Fsp3) is 0.250. The molecule has 43 heavy (non-hydrogen) atoms. The number of sulfonamides is 1. The molecule has 12 nitrogen and oxygen atoms in total. The molecule has 0 unspecified atom stereocenters. The van der Waals surface area contributed by atoms with Gasteiger partial charge in [0.2, 0.25) is 5.91 Å². The van der Waals surface area contributed by atoms with Crippen molar-refractivity contribution in [1.29, 1.82) is 0 Å². The van der Waals surface area contributed by atoms with Gasteiger partial charge in [0, 0.05) is 46.0 Å². The average molecular weight is 612 g/mol. The second-order valence-electron chi connectivity index (χ2n) is 10.0. The number of hydrogen-bond donors (Lipinski definition) is 1. The number of phenolic OH excluding ortho intramolecular Hbond substituents is 1. The van der Waals surface area contributed by atoms with Crippen LogP contribution in [-0.2, 0) is 14.8 Å². The summed E-state index contributed by atoms with van der Waals surface area (Å²) in [4.78, 5) is 41.8. The maximum Gasteiger partial charge on any atom is 0.355 e. The number of benzene rings is 1. The molecule has 1 N–H and O–H groups in total. The summed E-state index contributed by atoms with van der Waals surface area (Å²) in [5.41, 5.74) is -2.60. The SMILES string of the molecule is C=CC(=O)N1CCN(c2nc(=O)n(-c3cccnc3S(=O)(=O)N(C)C)c3nc(-c4c(O)cccc4F)c(F)cc23)[C@@H](C)C1. The molecular weight excluding hydrogens is 584 g/mol. The predicted octanol–water partition coefficient (Wildman–Crippen LogP) is 2.30. The second kappa shape index (κ2) is 11.1. The zero-order valence-corrected chi connectivity index (χ0v) is 24.2. The van der Waals surface area contributed by atoms with E-state index in [2.05, 4.69) is 21.5 Å². The minimum absolute atomic E-state index is 0.00378. The number of carbonyl (C=O) groups excluding carboxylic acids is 1. The highest BCUT2D eigenvalue weighted by Gasteiger charge is 2.32. The van der Waals surface area contributed by atoms with Crippen LogP contribution in [0.15, 0.2) is 65.1 Å². The molecule has 3 aromatic heterocycles. The highest BCUT2D eigenvalue weighted by Crippen LogP contribution is 2.36. The molecule has 15 heteroatoms. The van der Waals surface area contributed by atoms with Crippen molar-refractivity contribution in [3.05, 3.63) is 77.4 Å². The standard InChI is InChI=1S/C28H27F2N7O5S/c1-5-22(39)35-12-13-36(16(2)15-35)25-17-14-19(30)24(23-18(29)8-6-10-21(23)38)32-26(17)37(28(40)33-25)20-9-7-11-31-27(20)43(41,42)34(3)4/h5-11,14,16,38H,1,12-13,15H2,2-4H3/t16-/m0/s1. The van der Waals surface area contributed by atoms with Crippen LogP contribution in [0.1, 0.15) is 6.92 Å². The molecule has 224 valence electrons. The van der Waals surface area contributed by atoms with Crippen molar-refractivity contribution in [3.63, 3.8) is 0 Å². The van der Waals surface area contributed by atoms with E-state index in [-0.39, 0.29) is 54.1 Å². The summed E-state index contributed by atoms with van der Waals surface area (Å²) in [6.07, 6.45) is 2.43. The molecule has 1 amide bonds. The molecule has 1 saturated heterocycles. The van der Waals surface area contributed by atoms with Crippen molar-refractivity contribution < 1.29 is 27.1 Å². The summed E-state index contributed by atoms with van der Waals surface area (Å²) in [7, 11) is -1.62. The normalized spacial score (nSPS) is 15.7. The van der Waals surface area contributed by atoms with Gasteiger partial charge in [-0.3, -0.25) is 4.79 Å². The van der Waals surface area contributed by atoms with Crippen LogP contribution in [0.5, 0.6) is 5.75 Å². The lowest BCUT2D eigenvalue weighted by Crippen LogP contribution is -2.54. The number of pyridine rings is 2. The molecule has 1 aliphatic heterocycles. The van der Waals surface area contributed by atoms with Crippen molar-refractivity contribution >= 4 is 32.8 Å². The summed E-state index contributed by atoms with van der Waals surface area (Å²) in [6.45, 7) is 6.03. The summed E-state index contributed by atoms with van der Waals surface area (Å²) in [5.74, 6) is -2.83. The van der Waals surface area contributed by atoms with E-state index >= 15 is 4.39 Å². The van der Waals surface area contributed by atoms with Crippen molar-refractivity contribution in [2.75, 3.05) is 38.6 Å². The number of piperazine rings is 1. The van der Waals surface area contributed by atoms with Crippen molar-refractivity contribution in [1.82, 2.24) is 28.7 Å². The largest absolute Gasteiger partial charge is 0.507 e. The lowest BCUT2D eigenvalue weighted by molar-refractivity contribution is -0.126. The van der Waals surface area contributed by atoms with Gasteiger partial charge in [0.05, 0.1) is 16.6 Å². The Morgan fingerprint density at radius 1 is 1.14 bits per heavy atom. The third kappa shape index (κ3) is 5.10. The van der Waals surface area contributed by atoms with Gasteiger partial charge in [0.25, 0.3) is 10.0 Å². The topological polar surface area (TPSA) is 142 Å². The monoisotopic (exact) mass is 611 g/mol. The maximum absolute atomic E-state index is 15.8. The van der Waals surface area contributed by atoms with E-state index in [1.54, 1.807) is 16.7 Å². The Hall–Kier alpha value is -4.76. The van der Waals surface area contributed by atoms with Gasteiger partial charge in [-0.2, -0.15) is 4.98 Å². The van der Waals surface area contributed by atoms with Crippen LogP contribution < -0.4 is 10.6 Å². The molecular formula is C28H27F2N7O5S. The molecule has 1 aromatic carbocycles. The van der Waals surface area contributed by atoms with Gasteiger partial charge in [0.15, 0.2) is 16.5 Å². The summed E-state index contributed by atoms with van der Waals surface area (Å²) in [5, 5.41) is 9.92. The number of hydrogen-bond acceptors (Lipinski definition) is 9. The van der Waals surface area contributed by atoms with E-state index in [1.807, 2.05) is 0 Å². The van der Waals surface area contributed by atoms with E-state index in [0.717, 1.165) is 27.1 Å². The lowest BCUT2D eigenvalue weighted by atomic mass is 10.1. The number of aromatic nitrogens is 4. The van der Waals surface area contributed by atoms with Crippen molar-refractivity contribution in [2.24, 2.45) is 0 Å². The average Bonchev–Trinajstić information content (AvgIpc) is 2.96. The Bertz CT molecular complexity index is 1930. The molecule has 4 heterocycles. The van der Waals surface area contributed by atoms with Crippen LogP contribution in [0.2, 0.25) is 0 Å². The minimum Gasteiger partial charge on any atom is -0.507 e. The van der Waals surface area contributed by atoms with Crippen molar-refractivity contribution in [2.45, 2.75) is 18.0 Å². The highest BCUT2D eigenvalue weighted by atomic mass is 32.2. The lowest BCUT2D eigenvalue weighted by Gasteiger charge is -2.40. The van der Waals surface area contributed by atoms with Gasteiger partial charge in [-0.1, -0.05) is 12.6 Å². The number of amides is 1. The summed E-state index contributed by atoms with van der Waals surface area (Å²) >= 11 is 0. The Labute approximate surface area is 245 Å². The smallest absolute Gasteiger partial charge is 0.355 e. The zero-order valence-electron chi connectivity index (χ0n) is 23.4. The number of fused-ring (bicyclic) bond motifs is 1. The van der Waals surface area contributed by atoms with Crippen molar-refractivity contribution in [3.8, 4) is 22.7 Å². The Morgan fingerprint density at radius 2 is 1.88 bits per heavy atom. The third-order valence-electron chi connectivity index (χ3n) is 7.13. The number of nitrogens with zero attached hydrogens (tertiary/aromatic N) is 7. The summed E-state index contributed by atoms with van der Waals surface area (Å²) < 4.78 is 58.8. The zero-order chi connectivity index (χ0) is 31.2. The van der Waals surface area contributed by atoms with E-state index in [0.29, 0.717) is 0 Å². The third-order valence-corrected chi connectivity index (χ3v) is 8.90. The number of halogens is 2. The number of rotatable bonds is 6. The Kier molecular flexibility index (Phi) is 7.70. The quantitative estimate of drug-likeness (QED) is 0.325.